The van der Waals surface area contributed by atoms with Crippen LogP contribution in [-0.4, -0.2) is 37.2 Å². The van der Waals surface area contributed by atoms with Gasteiger partial charge in [-0.1, -0.05) is 231 Å². The van der Waals surface area contributed by atoms with Gasteiger partial charge in [-0.3, -0.25) is 14.4 Å². The average molecular weight is 1010 g/mol. The van der Waals surface area contributed by atoms with Crippen molar-refractivity contribution < 1.29 is 28.6 Å². The third-order valence-electron chi connectivity index (χ3n) is 12.1. The molecule has 0 saturated carbocycles. The number of rotatable bonds is 52. The first-order valence-electron chi connectivity index (χ1n) is 29.7. The Morgan fingerprint density at radius 3 is 0.836 bits per heavy atom. The summed E-state index contributed by atoms with van der Waals surface area (Å²) in [7, 11) is 0. The van der Waals surface area contributed by atoms with Crippen LogP contribution in [0.1, 0.15) is 252 Å². The topological polar surface area (TPSA) is 78.9 Å². The van der Waals surface area contributed by atoms with Crippen LogP contribution in [0.15, 0.2) is 134 Å². The van der Waals surface area contributed by atoms with Gasteiger partial charge in [0.05, 0.1) is 0 Å². The minimum absolute atomic E-state index is 0.102. The molecule has 0 aromatic carbocycles. The first-order valence-corrected chi connectivity index (χ1v) is 29.7. The monoisotopic (exact) mass is 1010 g/mol. The van der Waals surface area contributed by atoms with Crippen LogP contribution < -0.4 is 0 Å². The molecule has 1 atom stereocenters. The molecule has 412 valence electrons. The zero-order valence-corrected chi connectivity index (χ0v) is 47.1. The molecule has 0 radical (unpaired) electrons. The number of hydrogen-bond donors (Lipinski definition) is 0. The molecule has 0 aliphatic carbocycles. The molecule has 0 saturated heterocycles. The summed E-state index contributed by atoms with van der Waals surface area (Å²) >= 11 is 0. The summed E-state index contributed by atoms with van der Waals surface area (Å²) in [5.41, 5.74) is 0. The maximum absolute atomic E-state index is 12.9. The molecule has 0 aromatic heterocycles. The van der Waals surface area contributed by atoms with Gasteiger partial charge in [0.25, 0.3) is 0 Å². The SMILES string of the molecule is CC/C=C\C/C=C\C/C=C\C/C=C\C/C=C\C/C=C\CCCCCCC(=O)OCC(COC(=O)CCCCCCC/C=C\C/C=C\CCCCC)OC(=O)CCCCCCCCC/C=C\C/C=C\C/C=C\CC. The number of hydrogen-bond acceptors (Lipinski definition) is 6. The number of esters is 3. The molecule has 0 fully saturated rings. The lowest BCUT2D eigenvalue weighted by Crippen LogP contribution is -2.30. The van der Waals surface area contributed by atoms with Crippen molar-refractivity contribution in [1.29, 1.82) is 0 Å². The fraction of sp³-hybridized carbons (Fsp3) is 0.627. The van der Waals surface area contributed by atoms with Crippen LogP contribution in [0.4, 0.5) is 0 Å². The Kier molecular flexibility index (Phi) is 56.4. The highest BCUT2D eigenvalue weighted by Gasteiger charge is 2.19. The summed E-state index contributed by atoms with van der Waals surface area (Å²) in [5.74, 6) is -0.952. The maximum atomic E-state index is 12.9. The van der Waals surface area contributed by atoms with Gasteiger partial charge in [-0.15, -0.1) is 0 Å². The minimum atomic E-state index is -0.806. The van der Waals surface area contributed by atoms with E-state index in [9.17, 15) is 14.4 Å². The maximum Gasteiger partial charge on any atom is 0.306 e. The van der Waals surface area contributed by atoms with Crippen LogP contribution in [0.5, 0.6) is 0 Å². The zero-order chi connectivity index (χ0) is 52.9. The lowest BCUT2D eigenvalue weighted by molar-refractivity contribution is -0.167. The van der Waals surface area contributed by atoms with E-state index in [4.69, 9.17) is 14.2 Å². The van der Waals surface area contributed by atoms with Gasteiger partial charge in [-0.2, -0.15) is 0 Å². The van der Waals surface area contributed by atoms with Crippen molar-refractivity contribution >= 4 is 17.9 Å². The fourth-order valence-corrected chi connectivity index (χ4v) is 7.72. The van der Waals surface area contributed by atoms with Crippen molar-refractivity contribution in [2.45, 2.75) is 258 Å². The second kappa shape index (κ2) is 60.1. The van der Waals surface area contributed by atoms with Gasteiger partial charge in [0.2, 0.25) is 0 Å². The van der Waals surface area contributed by atoms with Crippen molar-refractivity contribution in [3.63, 3.8) is 0 Å². The van der Waals surface area contributed by atoms with Crippen LogP contribution in [-0.2, 0) is 28.6 Å². The molecule has 0 aromatic rings. The van der Waals surface area contributed by atoms with E-state index in [-0.39, 0.29) is 31.1 Å². The standard InChI is InChI=1S/C67H108O6/c1-4-7-10-13-16-19-22-25-28-30-31-32-33-34-35-37-39-42-45-48-51-54-57-60-66(69)72-63-64(62-71-65(68)59-56-53-50-47-44-41-38-27-24-21-18-15-12-9-6-3)73-67(70)61-58-55-52-49-46-43-40-36-29-26-23-20-17-14-11-8-5-2/h7-8,10-11,16-21,25-29,31-32,34-35,38-39,42,64H,4-6,9,12-15,22-24,30,33,36-37,40-41,43-63H2,1-3H3/b10-7-,11-8-,19-16-,20-17-,21-18-,28-25-,29-26-,32-31-,35-34-,38-27-,42-39-. The summed E-state index contributed by atoms with van der Waals surface area (Å²) in [6.07, 6.45) is 84.4. The summed E-state index contributed by atoms with van der Waals surface area (Å²) in [6.45, 7) is 6.34. The van der Waals surface area contributed by atoms with Crippen LogP contribution in [0.2, 0.25) is 0 Å². The zero-order valence-electron chi connectivity index (χ0n) is 47.1. The second-order valence-corrected chi connectivity index (χ2v) is 19.1. The smallest absolute Gasteiger partial charge is 0.306 e. The minimum Gasteiger partial charge on any atom is -0.462 e. The molecule has 0 bridgehead atoms. The number of allylic oxidation sites excluding steroid dienone is 22. The van der Waals surface area contributed by atoms with E-state index in [0.29, 0.717) is 19.3 Å². The van der Waals surface area contributed by atoms with Crippen molar-refractivity contribution in [3.05, 3.63) is 134 Å². The van der Waals surface area contributed by atoms with Gasteiger partial charge < -0.3 is 14.2 Å². The van der Waals surface area contributed by atoms with E-state index >= 15 is 0 Å². The van der Waals surface area contributed by atoms with Crippen molar-refractivity contribution in [1.82, 2.24) is 0 Å². The molecule has 6 heteroatoms. The Morgan fingerprint density at radius 2 is 0.534 bits per heavy atom. The Labute approximate surface area is 449 Å². The van der Waals surface area contributed by atoms with Crippen LogP contribution in [0, 0.1) is 0 Å². The van der Waals surface area contributed by atoms with Crippen molar-refractivity contribution in [2.24, 2.45) is 0 Å². The van der Waals surface area contributed by atoms with Gasteiger partial charge in [0.15, 0.2) is 6.10 Å². The first-order chi connectivity index (χ1) is 36.0. The van der Waals surface area contributed by atoms with E-state index < -0.39 is 6.10 Å². The third kappa shape index (κ3) is 58.3. The Morgan fingerprint density at radius 1 is 0.288 bits per heavy atom. The number of ether oxygens (including phenoxy) is 3. The molecule has 6 nitrogen and oxygen atoms in total. The molecule has 0 heterocycles. The van der Waals surface area contributed by atoms with E-state index in [0.717, 1.165) is 161 Å². The summed E-state index contributed by atoms with van der Waals surface area (Å²) in [4.78, 5) is 38.2. The van der Waals surface area contributed by atoms with Crippen molar-refractivity contribution in [2.75, 3.05) is 13.2 Å². The molecular formula is C67H108O6. The quantitative estimate of drug-likeness (QED) is 0.0261. The number of carbonyl (C=O) groups excluding carboxylic acids is 3. The molecule has 73 heavy (non-hydrogen) atoms. The highest BCUT2D eigenvalue weighted by Crippen LogP contribution is 2.14. The van der Waals surface area contributed by atoms with Crippen LogP contribution in [0.25, 0.3) is 0 Å². The largest absolute Gasteiger partial charge is 0.462 e. The fourth-order valence-electron chi connectivity index (χ4n) is 7.72. The van der Waals surface area contributed by atoms with E-state index in [1.165, 1.54) is 51.4 Å². The van der Waals surface area contributed by atoms with Gasteiger partial charge >= 0.3 is 17.9 Å². The molecular weight excluding hydrogens is 901 g/mol. The molecule has 0 amide bonds. The van der Waals surface area contributed by atoms with Gasteiger partial charge in [-0.05, 0) is 135 Å². The van der Waals surface area contributed by atoms with Gasteiger partial charge in [-0.25, -0.2) is 0 Å². The third-order valence-corrected chi connectivity index (χ3v) is 12.1. The molecule has 0 rings (SSSR count). The van der Waals surface area contributed by atoms with E-state index in [1.807, 2.05) is 0 Å². The van der Waals surface area contributed by atoms with Gasteiger partial charge in [0, 0.05) is 19.3 Å². The van der Waals surface area contributed by atoms with E-state index in [1.54, 1.807) is 0 Å². The molecule has 0 spiro atoms. The lowest BCUT2D eigenvalue weighted by atomic mass is 10.1. The average Bonchev–Trinajstić information content (AvgIpc) is 3.39. The number of unbranched alkanes of at least 4 members (excludes halogenated alkanes) is 19. The second-order valence-electron chi connectivity index (χ2n) is 19.1. The van der Waals surface area contributed by atoms with Crippen LogP contribution in [0.3, 0.4) is 0 Å². The van der Waals surface area contributed by atoms with Crippen LogP contribution >= 0.6 is 0 Å². The Balaban J connectivity index is 4.48. The molecule has 0 aliphatic heterocycles. The lowest BCUT2D eigenvalue weighted by Gasteiger charge is -2.18. The van der Waals surface area contributed by atoms with Crippen molar-refractivity contribution in [3.8, 4) is 0 Å². The highest BCUT2D eigenvalue weighted by atomic mass is 16.6. The molecule has 0 aliphatic rings. The van der Waals surface area contributed by atoms with E-state index in [2.05, 4.69) is 154 Å². The normalized spacial score (nSPS) is 13.1. The predicted molar refractivity (Wildman–Crippen MR) is 316 cm³/mol. The first kappa shape index (κ1) is 68.6. The Hall–Kier alpha value is -4.45. The summed E-state index contributed by atoms with van der Waals surface area (Å²) < 4.78 is 16.9. The van der Waals surface area contributed by atoms with Gasteiger partial charge in [0.1, 0.15) is 13.2 Å². The summed E-state index contributed by atoms with van der Waals surface area (Å²) in [5, 5.41) is 0. The highest BCUT2D eigenvalue weighted by molar-refractivity contribution is 5.71. The predicted octanol–water partition coefficient (Wildman–Crippen LogP) is 20.2. The summed E-state index contributed by atoms with van der Waals surface area (Å²) in [6, 6.07) is 0. The molecule has 1 unspecified atom stereocenters. The Bertz CT molecular complexity index is 1580. The molecule has 0 N–H and O–H groups in total. The number of carbonyl (C=O) groups is 3.